The van der Waals surface area contributed by atoms with E-state index in [4.69, 9.17) is 21.5 Å². The fourth-order valence-electron chi connectivity index (χ4n) is 3.68. The monoisotopic (exact) mass is 499 g/mol. The predicted octanol–water partition coefficient (Wildman–Crippen LogP) is -0.241. The lowest BCUT2D eigenvalue weighted by Crippen LogP contribution is -2.33. The first kappa shape index (κ1) is 23.7. The molecule has 4 atom stereocenters. The van der Waals surface area contributed by atoms with Gasteiger partial charge < -0.3 is 20.3 Å². The van der Waals surface area contributed by atoms with Gasteiger partial charge in [0.25, 0.3) is 0 Å². The van der Waals surface area contributed by atoms with E-state index in [2.05, 4.69) is 29.8 Å². The third-order valence-electron chi connectivity index (χ3n) is 5.19. The van der Waals surface area contributed by atoms with Crippen LogP contribution in [0.15, 0.2) is 30.6 Å². The van der Waals surface area contributed by atoms with Crippen molar-refractivity contribution in [3.8, 4) is 0 Å². The summed E-state index contributed by atoms with van der Waals surface area (Å²) >= 11 is 6.02. The van der Waals surface area contributed by atoms with E-state index in [1.165, 1.54) is 11.0 Å². The molecule has 0 unspecified atom stereocenters. The van der Waals surface area contributed by atoms with Gasteiger partial charge in [-0.25, -0.2) is 19.8 Å². The van der Waals surface area contributed by atoms with Gasteiger partial charge >= 0.3 is 10.3 Å². The molecule has 0 spiro atoms. The van der Waals surface area contributed by atoms with Crippen LogP contribution >= 0.6 is 11.6 Å². The molecule has 4 rings (SSSR count). The number of hydrogen-bond acceptors (Lipinski definition) is 11. The molecule has 0 amide bonds. The molecule has 5 N–H and O–H groups in total. The normalized spacial score (nSPS) is 23.3. The Morgan fingerprint density at radius 1 is 1.24 bits per heavy atom. The van der Waals surface area contributed by atoms with Gasteiger partial charge in [-0.05, 0) is 17.7 Å². The number of aromatic nitrogens is 5. The number of nitrogens with zero attached hydrogens (tertiary/aromatic N) is 5. The Balaban J connectivity index is 1.46. The standard InChI is InChI=1S/C18H22ClN7O6S/c19-11-3-1-2-10(6-11)8-21-17-14-18(23-9-22-17)26(25-24-14)12-7-13(16(28)15(12)27)31-4-5-32-33(20,29)30/h1-3,6,9,12-13,15-16,27-28H,4-5,7-8H2,(H2,20,29,30)(H,21,22,23)/t12-,13+,15+,16-/m0/s1. The number of ether oxygens (including phenoxy) is 1. The number of fused-ring (bicyclic) bond motifs is 1. The highest BCUT2D eigenvalue weighted by molar-refractivity contribution is 7.84. The van der Waals surface area contributed by atoms with Crippen LogP contribution in [0.2, 0.25) is 5.02 Å². The second-order valence-electron chi connectivity index (χ2n) is 7.42. The Morgan fingerprint density at radius 2 is 2.06 bits per heavy atom. The second kappa shape index (κ2) is 9.80. The zero-order valence-corrected chi connectivity index (χ0v) is 18.7. The predicted molar refractivity (Wildman–Crippen MR) is 116 cm³/mol. The molecule has 1 saturated carbocycles. The molecule has 0 saturated heterocycles. The van der Waals surface area contributed by atoms with Crippen LogP contribution in [0.4, 0.5) is 5.82 Å². The minimum Gasteiger partial charge on any atom is -0.388 e. The lowest BCUT2D eigenvalue weighted by molar-refractivity contribution is -0.0612. The van der Waals surface area contributed by atoms with Gasteiger partial charge in [-0.3, -0.25) is 4.18 Å². The van der Waals surface area contributed by atoms with Crippen LogP contribution in [0.1, 0.15) is 18.0 Å². The molecule has 1 fully saturated rings. The molecule has 15 heteroatoms. The summed E-state index contributed by atoms with van der Waals surface area (Å²) in [5.41, 5.74) is 1.71. The van der Waals surface area contributed by atoms with Crippen molar-refractivity contribution in [2.45, 2.75) is 37.3 Å². The Morgan fingerprint density at radius 3 is 2.82 bits per heavy atom. The summed E-state index contributed by atoms with van der Waals surface area (Å²) in [5, 5.41) is 37.7. The minimum atomic E-state index is -4.08. The first-order valence-electron chi connectivity index (χ1n) is 9.92. The maximum Gasteiger partial charge on any atom is 0.333 e. The highest BCUT2D eigenvalue weighted by atomic mass is 35.5. The fourth-order valence-corrected chi connectivity index (χ4v) is 4.19. The van der Waals surface area contributed by atoms with Gasteiger partial charge in [-0.2, -0.15) is 8.42 Å². The number of anilines is 1. The van der Waals surface area contributed by atoms with Crippen LogP contribution < -0.4 is 10.5 Å². The number of nitrogens with one attached hydrogen (secondary N) is 1. The molecular weight excluding hydrogens is 478 g/mol. The third-order valence-corrected chi connectivity index (χ3v) is 5.92. The fraction of sp³-hybridized carbons (Fsp3) is 0.444. The Bertz CT molecular complexity index is 1230. The maximum atomic E-state index is 10.8. The molecule has 33 heavy (non-hydrogen) atoms. The van der Waals surface area contributed by atoms with Crippen LogP contribution in [0.25, 0.3) is 11.2 Å². The summed E-state index contributed by atoms with van der Waals surface area (Å²) in [6.45, 7) is -0.0137. The average molecular weight is 500 g/mol. The van der Waals surface area contributed by atoms with Crippen molar-refractivity contribution in [2.24, 2.45) is 5.14 Å². The van der Waals surface area contributed by atoms with Crippen molar-refractivity contribution >= 4 is 38.9 Å². The van der Waals surface area contributed by atoms with Crippen LogP contribution in [0.3, 0.4) is 0 Å². The molecule has 0 bridgehead atoms. The number of nitrogens with two attached hydrogens (primary N) is 1. The van der Waals surface area contributed by atoms with Gasteiger partial charge in [0, 0.05) is 18.0 Å². The second-order valence-corrected chi connectivity index (χ2v) is 9.08. The van der Waals surface area contributed by atoms with Crippen LogP contribution in [0.5, 0.6) is 0 Å². The highest BCUT2D eigenvalue weighted by Crippen LogP contribution is 2.34. The summed E-state index contributed by atoms with van der Waals surface area (Å²) in [4.78, 5) is 8.46. The topological polar surface area (TPSA) is 188 Å². The number of rotatable bonds is 9. The number of aliphatic hydroxyl groups excluding tert-OH is 2. The molecule has 0 aliphatic heterocycles. The molecule has 2 heterocycles. The van der Waals surface area contributed by atoms with Gasteiger partial charge in [0.2, 0.25) is 0 Å². The zero-order chi connectivity index (χ0) is 23.6. The molecule has 3 aromatic rings. The SMILES string of the molecule is NS(=O)(=O)OCCO[C@@H]1C[C@H](n2nnc3c(NCc4cccc(Cl)c4)ncnc32)[C@@H](O)[C@H]1O. The third kappa shape index (κ3) is 5.55. The molecule has 1 aliphatic rings. The zero-order valence-electron chi connectivity index (χ0n) is 17.2. The summed E-state index contributed by atoms with van der Waals surface area (Å²) in [7, 11) is -4.08. The van der Waals surface area contributed by atoms with Crippen molar-refractivity contribution in [3.63, 3.8) is 0 Å². The maximum absolute atomic E-state index is 10.8. The number of hydrogen-bond donors (Lipinski definition) is 4. The van der Waals surface area contributed by atoms with Crippen LogP contribution in [-0.4, -0.2) is 75.1 Å². The van der Waals surface area contributed by atoms with Crippen LogP contribution in [-0.2, 0) is 25.8 Å². The van der Waals surface area contributed by atoms with Crippen molar-refractivity contribution in [1.82, 2.24) is 25.0 Å². The van der Waals surface area contributed by atoms with Gasteiger partial charge in [-0.15, -0.1) is 5.10 Å². The number of benzene rings is 1. The molecule has 178 valence electrons. The van der Waals surface area contributed by atoms with E-state index in [1.807, 2.05) is 18.2 Å². The van der Waals surface area contributed by atoms with Crippen molar-refractivity contribution in [2.75, 3.05) is 18.5 Å². The van der Waals surface area contributed by atoms with E-state index >= 15 is 0 Å². The Labute approximate surface area is 193 Å². The number of aliphatic hydroxyl groups is 2. The largest absolute Gasteiger partial charge is 0.388 e. The average Bonchev–Trinajstić information content (AvgIpc) is 3.31. The van der Waals surface area contributed by atoms with Gasteiger partial charge in [0.15, 0.2) is 17.0 Å². The van der Waals surface area contributed by atoms with Gasteiger partial charge in [0.1, 0.15) is 18.5 Å². The molecule has 13 nitrogen and oxygen atoms in total. The molecule has 1 aromatic carbocycles. The smallest absolute Gasteiger partial charge is 0.333 e. The van der Waals surface area contributed by atoms with E-state index in [9.17, 15) is 18.6 Å². The molecule has 2 aromatic heterocycles. The summed E-state index contributed by atoms with van der Waals surface area (Å²) in [6, 6.07) is 6.69. The van der Waals surface area contributed by atoms with Crippen molar-refractivity contribution < 1.29 is 27.6 Å². The lowest BCUT2D eigenvalue weighted by Gasteiger charge is -2.17. The van der Waals surface area contributed by atoms with E-state index < -0.39 is 34.7 Å². The minimum absolute atomic E-state index is 0.143. The highest BCUT2D eigenvalue weighted by Gasteiger charge is 2.44. The molecule has 1 aliphatic carbocycles. The Hall–Kier alpha value is -2.46. The molecular formula is C18H22ClN7O6S. The first-order valence-corrected chi connectivity index (χ1v) is 11.8. The summed E-state index contributed by atoms with van der Waals surface area (Å²) in [6.07, 6.45) is -1.69. The summed E-state index contributed by atoms with van der Waals surface area (Å²) < 4.78 is 32.9. The lowest BCUT2D eigenvalue weighted by atomic mass is 10.2. The van der Waals surface area contributed by atoms with E-state index in [0.717, 1.165) is 5.56 Å². The van der Waals surface area contributed by atoms with Gasteiger partial charge in [-0.1, -0.05) is 28.9 Å². The number of halogens is 1. The quantitative estimate of drug-likeness (QED) is 0.284. The van der Waals surface area contributed by atoms with Crippen LogP contribution in [0, 0.1) is 0 Å². The molecule has 0 radical (unpaired) electrons. The first-order chi connectivity index (χ1) is 15.7. The van der Waals surface area contributed by atoms with E-state index in [1.54, 1.807) is 6.07 Å². The summed E-state index contributed by atoms with van der Waals surface area (Å²) in [5.74, 6) is 0.451. The van der Waals surface area contributed by atoms with Crippen molar-refractivity contribution in [1.29, 1.82) is 0 Å². The Kier molecular flexibility index (Phi) is 7.04. The van der Waals surface area contributed by atoms with E-state index in [0.29, 0.717) is 28.5 Å². The van der Waals surface area contributed by atoms with E-state index in [-0.39, 0.29) is 19.6 Å². The van der Waals surface area contributed by atoms with Crippen molar-refractivity contribution in [3.05, 3.63) is 41.2 Å². The van der Waals surface area contributed by atoms with Gasteiger partial charge in [0.05, 0.1) is 25.4 Å².